The highest BCUT2D eigenvalue weighted by Gasteiger charge is 2.39. The molecule has 6 nitrogen and oxygen atoms in total. The summed E-state index contributed by atoms with van der Waals surface area (Å²) in [6, 6.07) is 0. The predicted octanol–water partition coefficient (Wildman–Crippen LogP) is 2.22. The molecular weight excluding hydrogens is 276 g/mol. The van der Waals surface area contributed by atoms with E-state index < -0.39 is 23.8 Å². The number of carbonyl (C=O) groups excluding carboxylic acids is 2. The SMILES string of the molecule is CCCCCC(OC(C)=O)C(C=CC(=O)OC)(OC)OC. The average molecular weight is 302 g/mol. The van der Waals surface area contributed by atoms with Gasteiger partial charge in [0.25, 0.3) is 0 Å². The molecule has 0 aromatic carbocycles. The van der Waals surface area contributed by atoms with Gasteiger partial charge in [-0.3, -0.25) is 4.79 Å². The molecule has 0 aromatic heterocycles. The van der Waals surface area contributed by atoms with E-state index in [4.69, 9.17) is 14.2 Å². The highest BCUT2D eigenvalue weighted by molar-refractivity contribution is 5.81. The number of rotatable bonds is 10. The van der Waals surface area contributed by atoms with Gasteiger partial charge >= 0.3 is 11.9 Å². The molecule has 0 saturated carbocycles. The Bertz CT molecular complexity index is 346. The standard InChI is InChI=1S/C15H26O6/c1-6-7-8-9-13(21-12(2)16)15(19-4,20-5)11-10-14(17)18-3/h10-11,13H,6-9H2,1-5H3. The van der Waals surface area contributed by atoms with Gasteiger partial charge in [0.1, 0.15) is 0 Å². The zero-order chi connectivity index (χ0) is 16.3. The molecule has 0 aliphatic rings. The van der Waals surface area contributed by atoms with Crippen LogP contribution in [0.2, 0.25) is 0 Å². The van der Waals surface area contributed by atoms with E-state index in [0.29, 0.717) is 6.42 Å². The van der Waals surface area contributed by atoms with E-state index in [1.807, 2.05) is 0 Å². The van der Waals surface area contributed by atoms with Crippen LogP contribution in [0.25, 0.3) is 0 Å². The van der Waals surface area contributed by atoms with Crippen LogP contribution in [-0.2, 0) is 28.5 Å². The Hall–Kier alpha value is -1.40. The van der Waals surface area contributed by atoms with Crippen molar-refractivity contribution in [1.82, 2.24) is 0 Å². The number of carbonyl (C=O) groups is 2. The van der Waals surface area contributed by atoms with Gasteiger partial charge in [0.05, 0.1) is 7.11 Å². The van der Waals surface area contributed by atoms with E-state index in [9.17, 15) is 9.59 Å². The molecule has 0 aromatic rings. The molecule has 0 heterocycles. The van der Waals surface area contributed by atoms with Gasteiger partial charge in [0.2, 0.25) is 5.79 Å². The highest BCUT2D eigenvalue weighted by Crippen LogP contribution is 2.26. The molecule has 1 unspecified atom stereocenters. The lowest BCUT2D eigenvalue weighted by Gasteiger charge is -2.35. The van der Waals surface area contributed by atoms with Crippen LogP contribution in [0.5, 0.6) is 0 Å². The summed E-state index contributed by atoms with van der Waals surface area (Å²) >= 11 is 0. The minimum absolute atomic E-state index is 0.429. The number of unbranched alkanes of at least 4 members (excludes halogenated alkanes) is 2. The maximum absolute atomic E-state index is 11.3. The summed E-state index contributed by atoms with van der Waals surface area (Å²) in [6.45, 7) is 3.41. The highest BCUT2D eigenvalue weighted by atomic mass is 16.7. The van der Waals surface area contributed by atoms with Gasteiger partial charge in [-0.1, -0.05) is 19.8 Å². The summed E-state index contributed by atoms with van der Waals surface area (Å²) in [5, 5.41) is 0. The zero-order valence-corrected chi connectivity index (χ0v) is 13.5. The van der Waals surface area contributed by atoms with Crippen molar-refractivity contribution in [2.24, 2.45) is 0 Å². The normalized spacial score (nSPS) is 13.2. The van der Waals surface area contributed by atoms with Crippen LogP contribution in [0.3, 0.4) is 0 Å². The summed E-state index contributed by atoms with van der Waals surface area (Å²) in [4.78, 5) is 22.6. The lowest BCUT2D eigenvalue weighted by atomic mass is 10.0. The predicted molar refractivity (Wildman–Crippen MR) is 77.6 cm³/mol. The summed E-state index contributed by atoms with van der Waals surface area (Å²) in [5.74, 6) is -2.28. The summed E-state index contributed by atoms with van der Waals surface area (Å²) < 4.78 is 20.6. The molecule has 0 saturated heterocycles. The number of hydrogen-bond acceptors (Lipinski definition) is 6. The van der Waals surface area contributed by atoms with Crippen molar-refractivity contribution in [3.8, 4) is 0 Å². The second-order valence-electron chi connectivity index (χ2n) is 4.58. The maximum atomic E-state index is 11.3. The first kappa shape index (κ1) is 19.6. The summed E-state index contributed by atoms with van der Waals surface area (Å²) in [5.41, 5.74) is 0. The third kappa shape index (κ3) is 6.73. The zero-order valence-electron chi connectivity index (χ0n) is 13.5. The Morgan fingerprint density at radius 1 is 1.14 bits per heavy atom. The molecule has 0 spiro atoms. The maximum Gasteiger partial charge on any atom is 0.330 e. The summed E-state index contributed by atoms with van der Waals surface area (Å²) in [6.07, 6.45) is 5.44. The molecule has 0 fully saturated rings. The number of methoxy groups -OCH3 is 3. The van der Waals surface area contributed by atoms with Crippen molar-refractivity contribution in [2.45, 2.75) is 51.4 Å². The van der Waals surface area contributed by atoms with Crippen molar-refractivity contribution >= 4 is 11.9 Å². The van der Waals surface area contributed by atoms with E-state index in [0.717, 1.165) is 19.3 Å². The van der Waals surface area contributed by atoms with Crippen LogP contribution in [0.15, 0.2) is 12.2 Å². The molecule has 1 atom stereocenters. The quantitative estimate of drug-likeness (QED) is 0.267. The van der Waals surface area contributed by atoms with Crippen LogP contribution in [0, 0.1) is 0 Å². The van der Waals surface area contributed by atoms with Crippen LogP contribution >= 0.6 is 0 Å². The van der Waals surface area contributed by atoms with Gasteiger partial charge in [-0.15, -0.1) is 0 Å². The Morgan fingerprint density at radius 3 is 2.19 bits per heavy atom. The molecule has 6 heteroatoms. The molecule has 0 radical (unpaired) electrons. The fourth-order valence-electron chi connectivity index (χ4n) is 1.96. The van der Waals surface area contributed by atoms with E-state index >= 15 is 0 Å². The molecule has 122 valence electrons. The number of ether oxygens (including phenoxy) is 4. The number of esters is 2. The first-order valence-corrected chi connectivity index (χ1v) is 7.00. The van der Waals surface area contributed by atoms with E-state index in [1.165, 1.54) is 40.4 Å². The van der Waals surface area contributed by atoms with Gasteiger partial charge < -0.3 is 18.9 Å². The fourth-order valence-corrected chi connectivity index (χ4v) is 1.96. The third-order valence-electron chi connectivity index (χ3n) is 3.12. The molecule has 0 amide bonds. The molecule has 0 aliphatic carbocycles. The first-order chi connectivity index (χ1) is 9.95. The Balaban J connectivity index is 5.20. The Labute approximate surface area is 126 Å². The summed E-state index contributed by atoms with van der Waals surface area (Å²) in [7, 11) is 4.14. The van der Waals surface area contributed by atoms with Crippen molar-refractivity contribution in [1.29, 1.82) is 0 Å². The lowest BCUT2D eigenvalue weighted by molar-refractivity contribution is -0.237. The third-order valence-corrected chi connectivity index (χ3v) is 3.12. The Morgan fingerprint density at radius 2 is 1.76 bits per heavy atom. The van der Waals surface area contributed by atoms with Crippen LogP contribution in [0.1, 0.15) is 39.5 Å². The topological polar surface area (TPSA) is 71.1 Å². The smallest absolute Gasteiger partial charge is 0.330 e. The molecule has 0 N–H and O–H groups in total. The first-order valence-electron chi connectivity index (χ1n) is 7.00. The lowest BCUT2D eigenvalue weighted by Crippen LogP contribution is -2.46. The molecule has 0 aliphatic heterocycles. The minimum atomic E-state index is -1.31. The Kier molecular flexibility index (Phi) is 9.65. The second-order valence-corrected chi connectivity index (χ2v) is 4.58. The van der Waals surface area contributed by atoms with Crippen molar-refractivity contribution in [2.75, 3.05) is 21.3 Å². The monoisotopic (exact) mass is 302 g/mol. The second kappa shape index (κ2) is 10.3. The molecular formula is C15H26O6. The van der Waals surface area contributed by atoms with Gasteiger partial charge in [-0.25, -0.2) is 4.79 Å². The van der Waals surface area contributed by atoms with Gasteiger partial charge in [0, 0.05) is 27.2 Å². The van der Waals surface area contributed by atoms with Crippen LogP contribution < -0.4 is 0 Å². The molecule has 21 heavy (non-hydrogen) atoms. The van der Waals surface area contributed by atoms with Crippen molar-refractivity contribution < 1.29 is 28.5 Å². The molecule has 0 bridgehead atoms. The van der Waals surface area contributed by atoms with Crippen molar-refractivity contribution in [3.05, 3.63) is 12.2 Å². The van der Waals surface area contributed by atoms with E-state index in [2.05, 4.69) is 11.7 Å². The largest absolute Gasteiger partial charge is 0.466 e. The average Bonchev–Trinajstić information content (AvgIpc) is 2.47. The minimum Gasteiger partial charge on any atom is -0.466 e. The van der Waals surface area contributed by atoms with Crippen molar-refractivity contribution in [3.63, 3.8) is 0 Å². The van der Waals surface area contributed by atoms with Crippen LogP contribution in [0.4, 0.5) is 0 Å². The fraction of sp³-hybridized carbons (Fsp3) is 0.733. The van der Waals surface area contributed by atoms with Gasteiger partial charge in [0.15, 0.2) is 6.10 Å². The van der Waals surface area contributed by atoms with E-state index in [-0.39, 0.29) is 0 Å². The van der Waals surface area contributed by atoms with E-state index in [1.54, 1.807) is 0 Å². The molecule has 0 rings (SSSR count). The van der Waals surface area contributed by atoms with Gasteiger partial charge in [-0.05, 0) is 18.9 Å². The van der Waals surface area contributed by atoms with Crippen LogP contribution in [-0.4, -0.2) is 45.2 Å². The number of hydrogen-bond donors (Lipinski definition) is 0. The van der Waals surface area contributed by atoms with Gasteiger partial charge in [-0.2, -0.15) is 0 Å².